The molecule has 1 aromatic carbocycles. The monoisotopic (exact) mass is 568 g/mol. The fourth-order valence-electron chi connectivity index (χ4n) is 2.27. The zero-order valence-corrected chi connectivity index (χ0v) is 24.6. The molecule has 5 heteroatoms. The van der Waals surface area contributed by atoms with Gasteiger partial charge in [-0.1, -0.05) is 141 Å². The molecule has 0 heterocycles. The maximum Gasteiger partial charge on any atom is 2.00 e. The van der Waals surface area contributed by atoms with E-state index in [-0.39, 0.29) is 35.9 Å². The number of benzene rings is 1. The third-order valence-corrected chi connectivity index (χ3v) is 4.48. The van der Waals surface area contributed by atoms with Crippen molar-refractivity contribution in [1.82, 2.24) is 0 Å². The molecule has 0 aromatic heterocycles. The second kappa shape index (κ2) is 33.1. The van der Waals surface area contributed by atoms with Crippen LogP contribution >= 0.6 is 0 Å². The Morgan fingerprint density at radius 3 is 1.36 bits per heavy atom. The molecule has 0 atom stereocenters. The molecule has 0 bridgehead atoms. The minimum absolute atomic E-state index is 0. The summed E-state index contributed by atoms with van der Waals surface area (Å²) in [6.07, 6.45) is 15.7. The molecule has 4 nitrogen and oxygen atoms in total. The molecule has 0 aliphatic rings. The molecule has 0 unspecified atom stereocenters. The molecular weight excluding hydrogens is 519 g/mol. The van der Waals surface area contributed by atoms with Gasteiger partial charge in [0.2, 0.25) is 0 Å². The van der Waals surface area contributed by atoms with Crippen LogP contribution in [0.1, 0.15) is 127 Å². The number of aromatic carboxylic acids is 1. The van der Waals surface area contributed by atoms with E-state index in [2.05, 4.69) is 34.6 Å². The summed E-state index contributed by atoms with van der Waals surface area (Å²) in [5, 5.41) is 20.3. The van der Waals surface area contributed by atoms with E-state index in [0.717, 1.165) is 31.2 Å². The summed E-state index contributed by atoms with van der Waals surface area (Å²) in [6, 6.07) is 6.55. The summed E-state index contributed by atoms with van der Waals surface area (Å²) < 4.78 is 0. The van der Waals surface area contributed by atoms with Crippen molar-refractivity contribution in [1.29, 1.82) is 0 Å². The van der Waals surface area contributed by atoms with E-state index < -0.39 is 11.9 Å². The summed E-state index contributed by atoms with van der Waals surface area (Å²) in [7, 11) is 0. The molecule has 1 aromatic rings. The number of aliphatic carboxylic acids is 1. The first-order valence-electron chi connectivity index (χ1n) is 12.4. The molecule has 33 heavy (non-hydrogen) atoms. The fourth-order valence-corrected chi connectivity index (χ4v) is 2.27. The van der Waals surface area contributed by atoms with Gasteiger partial charge in [-0.25, -0.2) is 0 Å². The molecule has 0 amide bonds. The number of rotatable bonds is 13. The van der Waals surface area contributed by atoms with Gasteiger partial charge in [-0.3, -0.25) is 0 Å². The Morgan fingerprint density at radius 1 is 0.697 bits per heavy atom. The Labute approximate surface area is 221 Å². The molecule has 0 saturated carbocycles. The van der Waals surface area contributed by atoms with Crippen LogP contribution in [0.4, 0.5) is 0 Å². The van der Waals surface area contributed by atoms with Crippen LogP contribution in [0.5, 0.6) is 0 Å². The number of carbonyl (C=O) groups is 2. The standard InChI is InChI=1S/C12H24O2.C8H8O2.2C4H9.Sn/c1-2-3-4-5-6-7-8-9-10-11-12(13)14;1-6-2-4-7(5-3-6)8(9)10;2*1-3-4-2;/h2-11H2,1H3,(H,13,14);2-5H,1H3,(H,9,10);2*1,3-4H2,2H3;/q;;;;+2/p-2. The predicted molar refractivity (Wildman–Crippen MR) is 139 cm³/mol. The van der Waals surface area contributed by atoms with Crippen LogP contribution in [0, 0.1) is 20.8 Å². The number of hydrogen-bond acceptors (Lipinski definition) is 4. The van der Waals surface area contributed by atoms with Gasteiger partial charge >= 0.3 is 23.9 Å². The van der Waals surface area contributed by atoms with E-state index in [1.165, 1.54) is 69.9 Å². The molecule has 4 radical (unpaired) electrons. The zero-order valence-electron chi connectivity index (χ0n) is 21.8. The molecule has 0 aliphatic carbocycles. The summed E-state index contributed by atoms with van der Waals surface area (Å²) in [5.41, 5.74) is 1.27. The molecule has 1 rings (SSSR count). The van der Waals surface area contributed by atoms with Crippen LogP contribution < -0.4 is 10.2 Å². The molecule has 0 aliphatic heterocycles. The first-order valence-corrected chi connectivity index (χ1v) is 12.4. The van der Waals surface area contributed by atoms with Gasteiger partial charge < -0.3 is 19.8 Å². The van der Waals surface area contributed by atoms with Crippen LogP contribution in [0.3, 0.4) is 0 Å². The second-order valence-corrected chi connectivity index (χ2v) is 7.81. The predicted octanol–water partition coefficient (Wildman–Crippen LogP) is 5.88. The minimum Gasteiger partial charge on any atom is -0.550 e. The third-order valence-electron chi connectivity index (χ3n) is 4.48. The Hall–Kier alpha value is -1.04. The second-order valence-electron chi connectivity index (χ2n) is 7.81. The third kappa shape index (κ3) is 38.5. The molecule has 0 N–H and O–H groups in total. The number of hydrogen-bond donors (Lipinski definition) is 0. The number of aryl methyl sites for hydroxylation is 1. The van der Waals surface area contributed by atoms with Gasteiger partial charge in [-0.15, -0.1) is 0 Å². The van der Waals surface area contributed by atoms with Crippen LogP contribution in [0.2, 0.25) is 0 Å². The summed E-state index contributed by atoms with van der Waals surface area (Å²) in [6.45, 7) is 15.6. The molecular formula is C28H48O4Sn. The first kappa shape index (κ1) is 39.2. The van der Waals surface area contributed by atoms with E-state index in [0.29, 0.717) is 0 Å². The average Bonchev–Trinajstić information content (AvgIpc) is 2.79. The number of unbranched alkanes of at least 4 members (excludes halogenated alkanes) is 10. The van der Waals surface area contributed by atoms with Crippen LogP contribution in [-0.4, -0.2) is 35.8 Å². The topological polar surface area (TPSA) is 80.3 Å². The van der Waals surface area contributed by atoms with Crippen molar-refractivity contribution in [2.24, 2.45) is 0 Å². The molecule has 0 saturated heterocycles. The van der Waals surface area contributed by atoms with E-state index in [9.17, 15) is 19.8 Å². The van der Waals surface area contributed by atoms with Crippen molar-refractivity contribution >= 4 is 35.8 Å². The Morgan fingerprint density at radius 2 is 1.06 bits per heavy atom. The minimum atomic E-state index is -1.12. The fraction of sp³-hybridized carbons (Fsp3) is 0.643. The normalized spacial score (nSPS) is 9.03. The Balaban J connectivity index is -0.000000192. The SMILES string of the molecule is CCCCCCCCCCCC(=O)[O-].Cc1ccc(C(=O)[O-])cc1.[CH2]CCC.[CH2]CCC.[Sn+2]. The first-order chi connectivity index (χ1) is 15.3. The van der Waals surface area contributed by atoms with Crippen molar-refractivity contribution in [3.63, 3.8) is 0 Å². The van der Waals surface area contributed by atoms with Gasteiger partial charge in [0.25, 0.3) is 0 Å². The van der Waals surface area contributed by atoms with E-state index in [4.69, 9.17) is 0 Å². The van der Waals surface area contributed by atoms with Crippen molar-refractivity contribution < 1.29 is 19.8 Å². The number of carboxylic acid groups (broad SMARTS) is 2. The van der Waals surface area contributed by atoms with Crippen LogP contribution in [0.15, 0.2) is 24.3 Å². The van der Waals surface area contributed by atoms with E-state index in [1.54, 1.807) is 12.1 Å². The zero-order chi connectivity index (χ0) is 25.0. The Bertz CT molecular complexity index is 507. The molecule has 0 spiro atoms. The van der Waals surface area contributed by atoms with Crippen molar-refractivity contribution in [2.45, 2.75) is 118 Å². The number of carbonyl (C=O) groups excluding carboxylic acids is 2. The van der Waals surface area contributed by atoms with Gasteiger partial charge in [0.05, 0.1) is 5.97 Å². The van der Waals surface area contributed by atoms with E-state index in [1.807, 2.05) is 6.92 Å². The van der Waals surface area contributed by atoms with Crippen molar-refractivity contribution in [3.05, 3.63) is 49.2 Å². The summed E-state index contributed by atoms with van der Waals surface area (Å²) in [4.78, 5) is 20.3. The van der Waals surface area contributed by atoms with Gasteiger partial charge in [0, 0.05) is 5.97 Å². The molecule has 0 fully saturated rings. The van der Waals surface area contributed by atoms with Gasteiger partial charge in [0.1, 0.15) is 0 Å². The van der Waals surface area contributed by atoms with Gasteiger partial charge in [-0.2, -0.15) is 0 Å². The maximum atomic E-state index is 10.2. The quantitative estimate of drug-likeness (QED) is 0.221. The molecule has 188 valence electrons. The van der Waals surface area contributed by atoms with Crippen LogP contribution in [0.25, 0.3) is 0 Å². The van der Waals surface area contributed by atoms with E-state index >= 15 is 0 Å². The van der Waals surface area contributed by atoms with Crippen molar-refractivity contribution in [3.8, 4) is 0 Å². The van der Waals surface area contributed by atoms with Crippen molar-refractivity contribution in [2.75, 3.05) is 0 Å². The van der Waals surface area contributed by atoms with Gasteiger partial charge in [0.15, 0.2) is 0 Å². The average molecular weight is 567 g/mol. The number of carboxylic acids is 2. The summed E-state index contributed by atoms with van der Waals surface area (Å²) in [5.74, 6) is -2.03. The van der Waals surface area contributed by atoms with Crippen LogP contribution in [-0.2, 0) is 4.79 Å². The van der Waals surface area contributed by atoms with Gasteiger partial charge in [-0.05, 0) is 25.3 Å². The smallest absolute Gasteiger partial charge is 0.550 e. The maximum absolute atomic E-state index is 10.2. The summed E-state index contributed by atoms with van der Waals surface area (Å²) >= 11 is 0. The Kier molecular flexibility index (Phi) is 39.3. The largest absolute Gasteiger partial charge is 2.00 e.